The Morgan fingerprint density at radius 3 is 2.70 bits per heavy atom. The van der Waals surface area contributed by atoms with Crippen molar-refractivity contribution in [3.05, 3.63) is 29.0 Å². The van der Waals surface area contributed by atoms with Gasteiger partial charge in [0.1, 0.15) is 11.8 Å². The Balaban J connectivity index is 1.60. The Morgan fingerprint density at radius 2 is 2.00 bits per heavy atom. The summed E-state index contributed by atoms with van der Waals surface area (Å²) in [6.07, 6.45) is 6.76. The second-order valence-corrected chi connectivity index (χ2v) is 5.88. The summed E-state index contributed by atoms with van der Waals surface area (Å²) in [7, 11) is 0. The van der Waals surface area contributed by atoms with Crippen molar-refractivity contribution in [3.63, 3.8) is 0 Å². The summed E-state index contributed by atoms with van der Waals surface area (Å²) in [4.78, 5) is 12.2. The highest BCUT2D eigenvalue weighted by molar-refractivity contribution is 6.32. The van der Waals surface area contributed by atoms with E-state index < -0.39 is 0 Å². The molecule has 0 unspecified atom stereocenters. The molecule has 0 saturated heterocycles. The normalized spacial score (nSPS) is 14.8. The van der Waals surface area contributed by atoms with Crippen molar-refractivity contribution in [1.29, 1.82) is 0 Å². The molecule has 0 spiro atoms. The van der Waals surface area contributed by atoms with Crippen LogP contribution < -0.4 is 21.5 Å². The number of rotatable bonds is 5. The third-order valence-corrected chi connectivity index (χ3v) is 4.05. The van der Waals surface area contributed by atoms with E-state index in [-0.39, 0.29) is 16.8 Å². The summed E-state index contributed by atoms with van der Waals surface area (Å²) in [6, 6.07) is 3.83. The predicted molar refractivity (Wildman–Crippen MR) is 90.3 cm³/mol. The van der Waals surface area contributed by atoms with Crippen LogP contribution in [0, 0.1) is 0 Å². The number of nitrogens with zero attached hydrogens (tertiary/aromatic N) is 3. The minimum atomic E-state index is 0.0742. The molecule has 2 aromatic rings. The van der Waals surface area contributed by atoms with Crippen LogP contribution in [0.5, 0.6) is 5.88 Å². The quantitative estimate of drug-likeness (QED) is 0.720. The molecule has 122 valence electrons. The van der Waals surface area contributed by atoms with Gasteiger partial charge in [-0.3, -0.25) is 0 Å². The van der Waals surface area contributed by atoms with Gasteiger partial charge in [0.2, 0.25) is 11.8 Å². The number of halogens is 1. The Labute approximate surface area is 139 Å². The van der Waals surface area contributed by atoms with Crippen molar-refractivity contribution in [2.45, 2.75) is 38.3 Å². The molecule has 0 radical (unpaired) electrons. The molecular formula is C15H19ClN6O. The Hall–Kier alpha value is -2.28. The van der Waals surface area contributed by atoms with Crippen molar-refractivity contribution in [1.82, 2.24) is 15.0 Å². The number of hydrogen-bond donors (Lipinski definition) is 3. The fraction of sp³-hybridized carbons (Fsp3) is 0.400. The van der Waals surface area contributed by atoms with Crippen molar-refractivity contribution in [2.75, 3.05) is 16.8 Å². The smallest absolute Gasteiger partial charge is 0.223 e. The van der Waals surface area contributed by atoms with Crippen LogP contribution in [-0.2, 0) is 6.54 Å². The summed E-state index contributed by atoms with van der Waals surface area (Å²) < 4.78 is 5.84. The number of ether oxygens (including phenoxy) is 1. The molecule has 3 rings (SSSR count). The zero-order chi connectivity index (χ0) is 16.2. The van der Waals surface area contributed by atoms with Crippen LogP contribution in [0.25, 0.3) is 0 Å². The fourth-order valence-electron chi connectivity index (χ4n) is 2.54. The SMILES string of the molecule is Nc1nc(Cl)c(N)c(NCc2ccc(OC3CCCC3)nc2)n1. The van der Waals surface area contributed by atoms with Gasteiger partial charge in [-0.25, -0.2) is 4.98 Å². The van der Waals surface area contributed by atoms with E-state index in [0.717, 1.165) is 18.4 Å². The second-order valence-electron chi connectivity index (χ2n) is 5.52. The van der Waals surface area contributed by atoms with Gasteiger partial charge in [-0.1, -0.05) is 17.7 Å². The molecule has 7 nitrogen and oxygen atoms in total. The molecular weight excluding hydrogens is 316 g/mol. The maximum Gasteiger partial charge on any atom is 0.223 e. The van der Waals surface area contributed by atoms with E-state index in [1.807, 2.05) is 12.1 Å². The lowest BCUT2D eigenvalue weighted by Crippen LogP contribution is -2.12. The van der Waals surface area contributed by atoms with E-state index in [4.69, 9.17) is 27.8 Å². The molecule has 0 aromatic carbocycles. The van der Waals surface area contributed by atoms with Crippen LogP contribution in [0.1, 0.15) is 31.2 Å². The van der Waals surface area contributed by atoms with E-state index in [9.17, 15) is 0 Å². The third-order valence-electron chi connectivity index (χ3n) is 3.76. The van der Waals surface area contributed by atoms with E-state index in [2.05, 4.69) is 20.3 Å². The van der Waals surface area contributed by atoms with Gasteiger partial charge < -0.3 is 21.5 Å². The molecule has 0 amide bonds. The topological polar surface area (TPSA) is 112 Å². The van der Waals surface area contributed by atoms with Crippen LogP contribution in [0.15, 0.2) is 18.3 Å². The van der Waals surface area contributed by atoms with Gasteiger partial charge in [0.05, 0.1) is 0 Å². The van der Waals surface area contributed by atoms with Crippen molar-refractivity contribution < 1.29 is 4.74 Å². The summed E-state index contributed by atoms with van der Waals surface area (Å²) in [6.45, 7) is 0.494. The minimum absolute atomic E-state index is 0.0742. The lowest BCUT2D eigenvalue weighted by molar-refractivity contribution is 0.201. The van der Waals surface area contributed by atoms with Gasteiger partial charge in [-0.15, -0.1) is 0 Å². The molecule has 8 heteroatoms. The monoisotopic (exact) mass is 334 g/mol. The van der Waals surface area contributed by atoms with Crippen LogP contribution in [0.2, 0.25) is 5.15 Å². The van der Waals surface area contributed by atoms with Gasteiger partial charge in [-0.05, 0) is 31.2 Å². The molecule has 0 atom stereocenters. The molecule has 2 aromatic heterocycles. The molecule has 0 aliphatic heterocycles. The number of nitrogens with one attached hydrogen (secondary N) is 1. The average Bonchev–Trinajstić information content (AvgIpc) is 3.04. The van der Waals surface area contributed by atoms with Gasteiger partial charge in [-0.2, -0.15) is 9.97 Å². The first-order valence-electron chi connectivity index (χ1n) is 7.56. The molecule has 1 saturated carbocycles. The van der Waals surface area contributed by atoms with Crippen LogP contribution in [0.4, 0.5) is 17.5 Å². The standard InChI is InChI=1S/C15H19ClN6O/c16-13-12(17)14(22-15(18)21-13)20-8-9-5-6-11(19-7-9)23-10-3-1-2-4-10/h5-7,10H,1-4,8,17H2,(H3,18,20,21,22). The highest BCUT2D eigenvalue weighted by atomic mass is 35.5. The summed E-state index contributed by atoms with van der Waals surface area (Å²) >= 11 is 5.88. The number of hydrogen-bond acceptors (Lipinski definition) is 7. The van der Waals surface area contributed by atoms with Crippen LogP contribution >= 0.6 is 11.6 Å². The van der Waals surface area contributed by atoms with Crippen molar-refractivity contribution >= 4 is 29.1 Å². The number of nitrogen functional groups attached to an aromatic ring is 2. The molecule has 0 bridgehead atoms. The molecule has 1 aliphatic rings. The number of aromatic nitrogens is 3. The van der Waals surface area contributed by atoms with E-state index >= 15 is 0 Å². The van der Waals surface area contributed by atoms with E-state index in [1.54, 1.807) is 6.20 Å². The van der Waals surface area contributed by atoms with Crippen LogP contribution in [-0.4, -0.2) is 21.1 Å². The number of pyridine rings is 1. The Morgan fingerprint density at radius 1 is 1.22 bits per heavy atom. The largest absolute Gasteiger partial charge is 0.474 e. The van der Waals surface area contributed by atoms with Crippen LogP contribution in [0.3, 0.4) is 0 Å². The fourth-order valence-corrected chi connectivity index (χ4v) is 2.72. The maximum atomic E-state index is 5.88. The molecule has 2 heterocycles. The first-order valence-corrected chi connectivity index (χ1v) is 7.93. The zero-order valence-electron chi connectivity index (χ0n) is 12.6. The first-order chi connectivity index (χ1) is 11.1. The Kier molecular flexibility index (Phi) is 4.66. The molecule has 1 fully saturated rings. The van der Waals surface area contributed by atoms with Crippen molar-refractivity contribution in [2.24, 2.45) is 0 Å². The van der Waals surface area contributed by atoms with E-state index in [0.29, 0.717) is 24.3 Å². The molecule has 23 heavy (non-hydrogen) atoms. The number of anilines is 3. The molecule has 1 aliphatic carbocycles. The third kappa shape index (κ3) is 3.92. The van der Waals surface area contributed by atoms with Crippen molar-refractivity contribution in [3.8, 4) is 5.88 Å². The second kappa shape index (κ2) is 6.87. The lowest BCUT2D eigenvalue weighted by Gasteiger charge is -2.13. The number of nitrogens with two attached hydrogens (primary N) is 2. The highest BCUT2D eigenvalue weighted by Gasteiger charge is 2.16. The summed E-state index contributed by atoms with van der Waals surface area (Å²) in [5.41, 5.74) is 12.6. The van der Waals surface area contributed by atoms with Gasteiger partial charge in [0.15, 0.2) is 11.0 Å². The zero-order valence-corrected chi connectivity index (χ0v) is 13.4. The predicted octanol–water partition coefficient (Wildman–Crippen LogP) is 2.62. The minimum Gasteiger partial charge on any atom is -0.474 e. The Bertz CT molecular complexity index is 672. The maximum absolute atomic E-state index is 5.88. The van der Waals surface area contributed by atoms with E-state index in [1.165, 1.54) is 12.8 Å². The summed E-state index contributed by atoms with van der Waals surface area (Å²) in [5, 5.41) is 3.22. The average molecular weight is 335 g/mol. The molecule has 5 N–H and O–H groups in total. The lowest BCUT2D eigenvalue weighted by atomic mass is 10.3. The highest BCUT2D eigenvalue weighted by Crippen LogP contribution is 2.25. The van der Waals surface area contributed by atoms with Gasteiger partial charge in [0, 0.05) is 18.8 Å². The summed E-state index contributed by atoms with van der Waals surface area (Å²) in [5.74, 6) is 1.15. The van der Waals surface area contributed by atoms with Gasteiger partial charge >= 0.3 is 0 Å². The van der Waals surface area contributed by atoms with Gasteiger partial charge in [0.25, 0.3) is 0 Å². The first kappa shape index (κ1) is 15.6.